The standard InChI is InChI=1S/C26H42N4O8S/c1-7-8-22(24(32)27-34)30(39(35,36)21-11-9-20(37-6)10-12-21)18-15-23(31)29-16-13-19(14-17-29)28(5)25(33)38-26(2,3)4/h9-12,19,22,34H,7-8,13-18H2,1-6H3,(H,27,32). The second-order valence-corrected chi connectivity index (χ2v) is 12.4. The number of likely N-dealkylation sites (tertiary alicyclic amines) is 1. The van der Waals surface area contributed by atoms with Gasteiger partial charge in [-0.3, -0.25) is 14.8 Å². The molecule has 1 aromatic carbocycles. The topological polar surface area (TPSA) is 146 Å². The van der Waals surface area contributed by atoms with Crippen LogP contribution in [0.4, 0.5) is 4.79 Å². The number of benzene rings is 1. The van der Waals surface area contributed by atoms with Gasteiger partial charge in [0, 0.05) is 39.1 Å². The highest BCUT2D eigenvalue weighted by Gasteiger charge is 2.36. The number of hydrogen-bond donors (Lipinski definition) is 2. The van der Waals surface area contributed by atoms with Crippen LogP contribution in [0.15, 0.2) is 29.2 Å². The third-order valence-electron chi connectivity index (χ3n) is 6.58. The van der Waals surface area contributed by atoms with Crippen molar-refractivity contribution < 1.29 is 37.5 Å². The number of hydrogen-bond acceptors (Lipinski definition) is 8. The van der Waals surface area contributed by atoms with Gasteiger partial charge in [0.25, 0.3) is 5.91 Å². The molecule has 0 saturated carbocycles. The van der Waals surface area contributed by atoms with E-state index in [9.17, 15) is 28.0 Å². The molecule has 0 bridgehead atoms. The molecule has 1 unspecified atom stereocenters. The van der Waals surface area contributed by atoms with E-state index in [1.165, 1.54) is 31.4 Å². The van der Waals surface area contributed by atoms with E-state index in [2.05, 4.69) is 0 Å². The number of ether oxygens (including phenoxy) is 2. The number of carbonyl (C=O) groups is 3. The third kappa shape index (κ3) is 8.80. The van der Waals surface area contributed by atoms with Crippen LogP contribution in [0.2, 0.25) is 0 Å². The Kier molecular flexibility index (Phi) is 11.6. The van der Waals surface area contributed by atoms with Crippen molar-refractivity contribution in [3.8, 4) is 5.75 Å². The van der Waals surface area contributed by atoms with Gasteiger partial charge >= 0.3 is 6.09 Å². The van der Waals surface area contributed by atoms with Crippen LogP contribution >= 0.6 is 0 Å². The van der Waals surface area contributed by atoms with Crippen LogP contribution in [0, 0.1) is 0 Å². The van der Waals surface area contributed by atoms with Crippen molar-refractivity contribution in [1.29, 1.82) is 0 Å². The number of carbonyl (C=O) groups excluding carboxylic acids is 3. The van der Waals surface area contributed by atoms with Crippen LogP contribution in [0.1, 0.15) is 59.8 Å². The Hall–Kier alpha value is -2.90. The molecule has 13 heteroatoms. The molecule has 0 radical (unpaired) electrons. The summed E-state index contributed by atoms with van der Waals surface area (Å²) >= 11 is 0. The number of rotatable bonds is 11. The van der Waals surface area contributed by atoms with Crippen molar-refractivity contribution in [2.24, 2.45) is 0 Å². The zero-order valence-corrected chi connectivity index (χ0v) is 24.5. The first-order chi connectivity index (χ1) is 18.2. The fraction of sp³-hybridized carbons (Fsp3) is 0.654. The van der Waals surface area contributed by atoms with Gasteiger partial charge in [0.05, 0.1) is 12.0 Å². The molecule has 1 saturated heterocycles. The van der Waals surface area contributed by atoms with Crippen LogP contribution in [0.3, 0.4) is 0 Å². The summed E-state index contributed by atoms with van der Waals surface area (Å²) in [7, 11) is -1.06. The number of amides is 3. The molecular formula is C26H42N4O8S. The Labute approximate surface area is 231 Å². The Morgan fingerprint density at radius 1 is 1.15 bits per heavy atom. The molecule has 1 atom stereocenters. The van der Waals surface area contributed by atoms with Gasteiger partial charge in [-0.2, -0.15) is 4.31 Å². The van der Waals surface area contributed by atoms with Crippen molar-refractivity contribution in [3.63, 3.8) is 0 Å². The summed E-state index contributed by atoms with van der Waals surface area (Å²) in [6, 6.07) is 4.44. The van der Waals surface area contributed by atoms with Gasteiger partial charge in [-0.05, 0) is 64.3 Å². The van der Waals surface area contributed by atoms with Crippen LogP contribution in [-0.4, -0.2) is 97.1 Å². The molecule has 2 N–H and O–H groups in total. The van der Waals surface area contributed by atoms with E-state index in [0.29, 0.717) is 38.1 Å². The van der Waals surface area contributed by atoms with E-state index in [-0.39, 0.29) is 36.2 Å². The molecule has 1 aliphatic heterocycles. The summed E-state index contributed by atoms with van der Waals surface area (Å²) in [6.45, 7) is 7.74. The van der Waals surface area contributed by atoms with Gasteiger partial charge in [-0.1, -0.05) is 13.3 Å². The van der Waals surface area contributed by atoms with Crippen molar-refractivity contribution in [2.75, 3.05) is 33.8 Å². The number of piperidine rings is 1. The van der Waals surface area contributed by atoms with E-state index >= 15 is 0 Å². The lowest BCUT2D eigenvalue weighted by atomic mass is 10.0. The number of nitrogens with zero attached hydrogens (tertiary/aromatic N) is 3. The number of nitrogens with one attached hydrogen (secondary N) is 1. The molecule has 0 aromatic heterocycles. The minimum atomic E-state index is -4.20. The highest BCUT2D eigenvalue weighted by molar-refractivity contribution is 7.89. The number of sulfonamides is 1. The van der Waals surface area contributed by atoms with Crippen molar-refractivity contribution in [2.45, 2.75) is 82.4 Å². The maximum atomic E-state index is 13.6. The van der Waals surface area contributed by atoms with Crippen molar-refractivity contribution in [3.05, 3.63) is 24.3 Å². The number of hydroxylamine groups is 1. The predicted octanol–water partition coefficient (Wildman–Crippen LogP) is 2.61. The molecule has 1 aromatic rings. The molecule has 220 valence electrons. The summed E-state index contributed by atoms with van der Waals surface area (Å²) < 4.78 is 38.7. The Balaban J connectivity index is 2.13. The first kappa shape index (κ1) is 32.3. The van der Waals surface area contributed by atoms with E-state index in [4.69, 9.17) is 9.47 Å². The fourth-order valence-electron chi connectivity index (χ4n) is 4.43. The average molecular weight is 571 g/mol. The first-order valence-corrected chi connectivity index (χ1v) is 14.5. The van der Waals surface area contributed by atoms with E-state index in [0.717, 1.165) is 4.31 Å². The second kappa shape index (κ2) is 13.9. The summed E-state index contributed by atoms with van der Waals surface area (Å²) in [5.74, 6) is -0.662. The zero-order valence-electron chi connectivity index (χ0n) is 23.7. The van der Waals surface area contributed by atoms with E-state index < -0.39 is 33.7 Å². The SMILES string of the molecule is CCCC(C(=O)NO)N(CCC(=O)N1CCC(N(C)C(=O)OC(C)(C)C)CC1)S(=O)(=O)c1ccc(OC)cc1. The quantitative estimate of drug-likeness (QED) is 0.305. The molecule has 2 rings (SSSR count). The highest BCUT2D eigenvalue weighted by Crippen LogP contribution is 2.24. The second-order valence-electron chi connectivity index (χ2n) is 10.5. The van der Waals surface area contributed by atoms with Crippen molar-refractivity contribution in [1.82, 2.24) is 19.6 Å². The molecule has 0 spiro atoms. The van der Waals surface area contributed by atoms with Gasteiger partial charge in [0.15, 0.2) is 0 Å². The Bertz CT molecular complexity index is 1080. The largest absolute Gasteiger partial charge is 0.497 e. The van der Waals surface area contributed by atoms with E-state index in [1.54, 1.807) is 50.0 Å². The van der Waals surface area contributed by atoms with Gasteiger partial charge in [-0.25, -0.2) is 18.7 Å². The lowest BCUT2D eigenvalue weighted by Gasteiger charge is -2.37. The van der Waals surface area contributed by atoms with Gasteiger partial charge in [0.1, 0.15) is 17.4 Å². The smallest absolute Gasteiger partial charge is 0.410 e. The van der Waals surface area contributed by atoms with Crippen LogP contribution < -0.4 is 10.2 Å². The highest BCUT2D eigenvalue weighted by atomic mass is 32.2. The van der Waals surface area contributed by atoms with Crippen LogP contribution in [0.25, 0.3) is 0 Å². The molecule has 3 amide bonds. The summed E-state index contributed by atoms with van der Waals surface area (Å²) in [4.78, 5) is 41.1. The maximum absolute atomic E-state index is 13.6. The minimum absolute atomic E-state index is 0.0615. The molecule has 1 fully saturated rings. The zero-order chi connectivity index (χ0) is 29.4. The molecule has 39 heavy (non-hydrogen) atoms. The minimum Gasteiger partial charge on any atom is -0.497 e. The lowest BCUT2D eigenvalue weighted by Crippen LogP contribution is -2.51. The summed E-state index contributed by atoms with van der Waals surface area (Å²) in [6.07, 6.45) is 1.16. The fourth-order valence-corrected chi connectivity index (χ4v) is 6.05. The summed E-state index contributed by atoms with van der Waals surface area (Å²) in [5.41, 5.74) is 0.950. The molecule has 1 heterocycles. The third-order valence-corrected chi connectivity index (χ3v) is 8.50. The average Bonchev–Trinajstić information content (AvgIpc) is 2.90. The Morgan fingerprint density at radius 3 is 2.23 bits per heavy atom. The molecule has 12 nitrogen and oxygen atoms in total. The monoisotopic (exact) mass is 570 g/mol. The Morgan fingerprint density at radius 2 is 1.74 bits per heavy atom. The lowest BCUT2D eigenvalue weighted by molar-refractivity contribution is -0.135. The normalized spacial score (nSPS) is 15.5. The van der Waals surface area contributed by atoms with Crippen LogP contribution in [0.5, 0.6) is 5.75 Å². The van der Waals surface area contributed by atoms with Crippen molar-refractivity contribution >= 4 is 27.9 Å². The van der Waals surface area contributed by atoms with E-state index in [1.807, 2.05) is 0 Å². The first-order valence-electron chi connectivity index (χ1n) is 13.1. The molecule has 1 aliphatic rings. The molecular weight excluding hydrogens is 528 g/mol. The molecule has 0 aliphatic carbocycles. The van der Waals surface area contributed by atoms with Gasteiger partial charge in [0.2, 0.25) is 15.9 Å². The maximum Gasteiger partial charge on any atom is 0.410 e. The van der Waals surface area contributed by atoms with Gasteiger partial charge in [-0.15, -0.1) is 0 Å². The summed E-state index contributed by atoms with van der Waals surface area (Å²) in [5, 5.41) is 9.29. The number of methoxy groups -OCH3 is 1. The predicted molar refractivity (Wildman–Crippen MR) is 144 cm³/mol. The van der Waals surface area contributed by atoms with Crippen LogP contribution in [-0.2, 0) is 24.3 Å². The van der Waals surface area contributed by atoms with Gasteiger partial charge < -0.3 is 19.3 Å².